The van der Waals surface area contributed by atoms with Crippen LogP contribution in [0.15, 0.2) is 97.1 Å². The van der Waals surface area contributed by atoms with Gasteiger partial charge >= 0.3 is 11.7 Å². The summed E-state index contributed by atoms with van der Waals surface area (Å²) in [7, 11) is 3.17. The third-order valence-electron chi connectivity index (χ3n) is 6.59. The number of nitrogens with zero attached hydrogens (tertiary/aromatic N) is 2. The number of nitro benzene ring substituents is 2. The van der Waals surface area contributed by atoms with E-state index in [0.29, 0.717) is 11.5 Å². The Kier molecular flexibility index (Phi) is 9.46. The van der Waals surface area contributed by atoms with Gasteiger partial charge in [0.15, 0.2) is 0 Å². The summed E-state index contributed by atoms with van der Waals surface area (Å²) in [5, 5.41) is 22.4. The summed E-state index contributed by atoms with van der Waals surface area (Å²) in [6.07, 6.45) is 0.102. The molecule has 0 saturated heterocycles. The number of nitro groups is 2. The number of ether oxygens (including phenoxy) is 4. The molecule has 11 nitrogen and oxygen atoms in total. The lowest BCUT2D eigenvalue weighted by atomic mass is 9.80. The number of non-ortho nitro benzene ring substituents is 1. The topological polar surface area (TPSA) is 140 Å². The molecule has 0 aliphatic carbocycles. The molecule has 0 fully saturated rings. The Labute approximate surface area is 241 Å². The van der Waals surface area contributed by atoms with Crippen molar-refractivity contribution in [3.63, 3.8) is 0 Å². The van der Waals surface area contributed by atoms with E-state index in [-0.39, 0.29) is 25.2 Å². The van der Waals surface area contributed by atoms with E-state index in [0.717, 1.165) is 34.9 Å². The number of hydrogen-bond acceptors (Lipinski definition) is 9. The maximum Gasteiger partial charge on any atom is 0.318 e. The van der Waals surface area contributed by atoms with E-state index >= 15 is 0 Å². The van der Waals surface area contributed by atoms with Crippen molar-refractivity contribution in [1.29, 1.82) is 0 Å². The van der Waals surface area contributed by atoms with Crippen molar-refractivity contribution in [2.24, 2.45) is 0 Å². The van der Waals surface area contributed by atoms with E-state index in [4.69, 9.17) is 18.9 Å². The molecular formula is C31H28N2O9. The first-order valence-electron chi connectivity index (χ1n) is 12.9. The second kappa shape index (κ2) is 13.4. The average Bonchev–Trinajstić information content (AvgIpc) is 3.02. The lowest BCUT2D eigenvalue weighted by Gasteiger charge is -2.36. The van der Waals surface area contributed by atoms with Gasteiger partial charge in [0.1, 0.15) is 17.1 Å². The van der Waals surface area contributed by atoms with Crippen LogP contribution in [0, 0.1) is 20.2 Å². The minimum atomic E-state index is -1.07. The van der Waals surface area contributed by atoms with E-state index in [2.05, 4.69) is 0 Å². The summed E-state index contributed by atoms with van der Waals surface area (Å²) in [5.41, 5.74) is 0.276. The highest BCUT2D eigenvalue weighted by atomic mass is 16.6. The van der Waals surface area contributed by atoms with Crippen molar-refractivity contribution < 1.29 is 33.6 Å². The number of carbonyl (C=O) groups is 1. The zero-order valence-corrected chi connectivity index (χ0v) is 22.9. The van der Waals surface area contributed by atoms with Gasteiger partial charge in [-0.05, 0) is 53.4 Å². The van der Waals surface area contributed by atoms with Crippen LogP contribution in [-0.2, 0) is 15.1 Å². The van der Waals surface area contributed by atoms with Gasteiger partial charge in [-0.2, -0.15) is 0 Å². The molecule has 4 aromatic rings. The van der Waals surface area contributed by atoms with Crippen LogP contribution in [-0.4, -0.2) is 36.6 Å². The highest BCUT2D eigenvalue weighted by molar-refractivity contribution is 5.74. The summed E-state index contributed by atoms with van der Waals surface area (Å²) in [6, 6.07) is 27.5. The van der Waals surface area contributed by atoms with E-state index in [9.17, 15) is 25.0 Å². The molecule has 0 saturated carbocycles. The van der Waals surface area contributed by atoms with Gasteiger partial charge in [-0.1, -0.05) is 54.6 Å². The first kappa shape index (κ1) is 29.7. The SMILES string of the molecule is COc1ccc(C(OCCCC(=O)Oc2ccc([N+](=O)[O-])cc2[N+](=O)[O-])(c2ccccc2)c2ccc(OC)cc2)cc1. The van der Waals surface area contributed by atoms with Gasteiger partial charge in [-0.25, -0.2) is 0 Å². The Morgan fingerprint density at radius 2 is 1.29 bits per heavy atom. The average molecular weight is 573 g/mol. The quantitative estimate of drug-likeness (QED) is 0.0456. The molecule has 0 aromatic heterocycles. The van der Waals surface area contributed by atoms with Crippen molar-refractivity contribution in [2.75, 3.05) is 20.8 Å². The first-order valence-corrected chi connectivity index (χ1v) is 12.9. The van der Waals surface area contributed by atoms with Crippen LogP contribution in [0.3, 0.4) is 0 Å². The molecule has 0 atom stereocenters. The van der Waals surface area contributed by atoms with Crippen molar-refractivity contribution in [2.45, 2.75) is 18.4 Å². The number of esters is 1. The van der Waals surface area contributed by atoms with E-state index in [1.165, 1.54) is 0 Å². The van der Waals surface area contributed by atoms with Crippen LogP contribution in [0.1, 0.15) is 29.5 Å². The summed E-state index contributed by atoms with van der Waals surface area (Å²) in [6.45, 7) is 0.115. The molecule has 0 heterocycles. The molecule has 0 aliphatic heterocycles. The lowest BCUT2D eigenvalue weighted by Crippen LogP contribution is -2.33. The van der Waals surface area contributed by atoms with E-state index in [1.807, 2.05) is 78.9 Å². The number of benzene rings is 4. The maximum absolute atomic E-state index is 12.6. The van der Waals surface area contributed by atoms with Gasteiger partial charge in [0.05, 0.1) is 30.1 Å². The normalized spacial score (nSPS) is 11.0. The monoisotopic (exact) mass is 572 g/mol. The van der Waals surface area contributed by atoms with Crippen LogP contribution in [0.25, 0.3) is 0 Å². The van der Waals surface area contributed by atoms with Gasteiger partial charge in [-0.3, -0.25) is 25.0 Å². The molecule has 0 radical (unpaired) electrons. The summed E-state index contributed by atoms with van der Waals surface area (Å²) >= 11 is 0. The number of methoxy groups -OCH3 is 2. The number of rotatable bonds is 13. The Morgan fingerprint density at radius 3 is 1.79 bits per heavy atom. The van der Waals surface area contributed by atoms with E-state index in [1.54, 1.807) is 14.2 Å². The first-order chi connectivity index (χ1) is 20.3. The number of hydrogen-bond donors (Lipinski definition) is 0. The summed E-state index contributed by atoms with van der Waals surface area (Å²) < 4.78 is 22.6. The molecule has 0 bridgehead atoms. The fourth-order valence-electron chi connectivity index (χ4n) is 4.54. The predicted molar refractivity (Wildman–Crippen MR) is 153 cm³/mol. The van der Waals surface area contributed by atoms with Crippen molar-refractivity contribution in [3.05, 3.63) is 134 Å². The van der Waals surface area contributed by atoms with Crippen LogP contribution in [0.2, 0.25) is 0 Å². The van der Waals surface area contributed by atoms with Crippen molar-refractivity contribution in [3.8, 4) is 17.2 Å². The fourth-order valence-corrected chi connectivity index (χ4v) is 4.54. The molecule has 11 heteroatoms. The van der Waals surface area contributed by atoms with Crippen LogP contribution in [0.4, 0.5) is 11.4 Å². The summed E-state index contributed by atoms with van der Waals surface area (Å²) in [5.74, 6) is 0.249. The van der Waals surface area contributed by atoms with Gasteiger partial charge in [0.25, 0.3) is 5.69 Å². The van der Waals surface area contributed by atoms with Crippen molar-refractivity contribution in [1.82, 2.24) is 0 Å². The Morgan fingerprint density at radius 1 is 0.738 bits per heavy atom. The van der Waals surface area contributed by atoms with Crippen LogP contribution in [0.5, 0.6) is 17.2 Å². The fraction of sp³-hybridized carbons (Fsp3) is 0.194. The highest BCUT2D eigenvalue weighted by Crippen LogP contribution is 2.42. The second-order valence-corrected chi connectivity index (χ2v) is 9.10. The van der Waals surface area contributed by atoms with Crippen molar-refractivity contribution >= 4 is 17.3 Å². The van der Waals surface area contributed by atoms with Gasteiger partial charge < -0.3 is 18.9 Å². The Bertz CT molecular complexity index is 1490. The molecular weight excluding hydrogens is 544 g/mol. The molecule has 0 spiro atoms. The van der Waals surface area contributed by atoms with Gasteiger partial charge in [0, 0.05) is 19.1 Å². The van der Waals surface area contributed by atoms with E-state index < -0.39 is 32.8 Å². The zero-order valence-electron chi connectivity index (χ0n) is 22.9. The zero-order chi connectivity index (χ0) is 30.1. The Balaban J connectivity index is 1.59. The molecule has 0 unspecified atom stereocenters. The molecule has 0 aliphatic rings. The molecule has 0 amide bonds. The third kappa shape index (κ3) is 6.53. The maximum atomic E-state index is 12.6. The standard InChI is InChI=1S/C31H28N2O9/c1-39-26-15-10-23(11-16-26)31(22-7-4-3-5-8-22,24-12-17-27(40-2)18-13-24)41-20-6-9-30(34)42-29-19-14-25(32(35)36)21-28(29)33(37)38/h3-5,7-8,10-19,21H,6,9,20H2,1-2H3. The highest BCUT2D eigenvalue weighted by Gasteiger charge is 2.37. The van der Waals surface area contributed by atoms with Gasteiger partial charge in [-0.15, -0.1) is 0 Å². The Hall–Kier alpha value is -5.29. The van der Waals surface area contributed by atoms with Crippen LogP contribution < -0.4 is 14.2 Å². The smallest absolute Gasteiger partial charge is 0.318 e. The lowest BCUT2D eigenvalue weighted by molar-refractivity contribution is -0.394. The molecule has 42 heavy (non-hydrogen) atoms. The molecule has 216 valence electrons. The molecule has 4 rings (SSSR count). The van der Waals surface area contributed by atoms with Crippen LogP contribution >= 0.6 is 0 Å². The largest absolute Gasteiger partial charge is 0.497 e. The molecule has 4 aromatic carbocycles. The predicted octanol–water partition coefficient (Wildman–Crippen LogP) is 6.21. The second-order valence-electron chi connectivity index (χ2n) is 9.10. The minimum Gasteiger partial charge on any atom is -0.497 e. The molecule has 0 N–H and O–H groups in total. The number of carbonyl (C=O) groups excluding carboxylic acids is 1. The van der Waals surface area contributed by atoms with Gasteiger partial charge in [0.2, 0.25) is 5.75 Å². The minimum absolute atomic E-state index is 0.115. The third-order valence-corrected chi connectivity index (χ3v) is 6.59. The summed E-state index contributed by atoms with van der Waals surface area (Å²) in [4.78, 5) is 33.4.